The third kappa shape index (κ3) is 52.9. The lowest BCUT2D eigenvalue weighted by molar-refractivity contribution is 0.759. The van der Waals surface area contributed by atoms with E-state index in [0.29, 0.717) is 82.9 Å². The van der Waals surface area contributed by atoms with Crippen LogP contribution in [0.1, 0.15) is 355 Å². The van der Waals surface area contributed by atoms with Crippen molar-refractivity contribution in [2.75, 3.05) is 0 Å². The largest absolute Gasteiger partial charge is 0.367 e. The smallest absolute Gasteiger partial charge is 0.134 e. The summed E-state index contributed by atoms with van der Waals surface area (Å²) >= 11 is 5.10. The van der Waals surface area contributed by atoms with E-state index in [1.165, 1.54) is 67.6 Å². The molecule has 119 heavy (non-hydrogen) atoms. The minimum atomic E-state index is 0.396. The summed E-state index contributed by atoms with van der Waals surface area (Å²) in [5, 5.41) is 18.7. The van der Waals surface area contributed by atoms with Crippen molar-refractivity contribution in [3.05, 3.63) is 321 Å². The van der Waals surface area contributed by atoms with Gasteiger partial charge >= 0.3 is 0 Å². The molecule has 644 valence electrons. The van der Waals surface area contributed by atoms with Crippen molar-refractivity contribution in [2.24, 2.45) is 0 Å². The van der Waals surface area contributed by atoms with Gasteiger partial charge in [-0.2, -0.15) is 10.2 Å². The van der Waals surface area contributed by atoms with Crippen LogP contribution in [-0.4, -0.2) is 100 Å². The number of rotatable bonds is 14. The minimum absolute atomic E-state index is 0.396. The third-order valence-corrected chi connectivity index (χ3v) is 19.3. The zero-order valence-electron chi connectivity index (χ0n) is 76.6. The quantitative estimate of drug-likeness (QED) is 0.0788. The lowest BCUT2D eigenvalue weighted by Gasteiger charge is -2.01. The molecule has 0 unspecified atom stereocenters. The average molecular weight is 1670 g/mol. The highest BCUT2D eigenvalue weighted by Gasteiger charge is 2.05. The fourth-order valence-corrected chi connectivity index (χ4v) is 10.8. The summed E-state index contributed by atoms with van der Waals surface area (Å²) in [6.45, 7) is 60.0. The first-order valence-corrected chi connectivity index (χ1v) is 44.1. The number of aromatic nitrogens is 20. The molecule has 13 heterocycles. The number of pyridine rings is 3. The van der Waals surface area contributed by atoms with E-state index in [2.05, 4.69) is 336 Å². The molecule has 0 radical (unpaired) electrons. The van der Waals surface area contributed by atoms with Crippen LogP contribution in [0.3, 0.4) is 0 Å². The average Bonchev–Trinajstić information content (AvgIpc) is 1.19. The Kier molecular flexibility index (Phi) is 58.8. The van der Waals surface area contributed by atoms with Crippen molar-refractivity contribution in [2.45, 2.75) is 277 Å². The molecule has 0 atom stereocenters. The Morgan fingerprint density at radius 3 is 1.08 bits per heavy atom. The van der Waals surface area contributed by atoms with Gasteiger partial charge in [-0.15, -0.1) is 34.0 Å². The molecule has 13 aromatic heterocycles. The van der Waals surface area contributed by atoms with E-state index in [4.69, 9.17) is 0 Å². The normalized spacial score (nSPS) is 10.2. The van der Waals surface area contributed by atoms with Crippen LogP contribution in [0, 0.1) is 0 Å². The van der Waals surface area contributed by atoms with Crippen molar-refractivity contribution < 1.29 is 0 Å². The van der Waals surface area contributed by atoms with Crippen LogP contribution in [0.2, 0.25) is 0 Å². The summed E-state index contributed by atoms with van der Waals surface area (Å²) in [4.78, 5) is 63.3. The molecule has 1 aromatic carbocycles. The Balaban J connectivity index is 0.000000641. The van der Waals surface area contributed by atoms with E-state index in [-0.39, 0.29) is 0 Å². The van der Waals surface area contributed by atoms with E-state index < -0.39 is 0 Å². The predicted octanol–water partition coefficient (Wildman–Crippen LogP) is 27.2. The van der Waals surface area contributed by atoms with Gasteiger partial charge in [-0.25, -0.2) is 49.8 Å². The molecule has 0 fully saturated rings. The van der Waals surface area contributed by atoms with Gasteiger partial charge in [0.1, 0.15) is 30.6 Å². The van der Waals surface area contributed by atoms with Crippen molar-refractivity contribution >= 4 is 34.0 Å². The second-order valence-electron chi connectivity index (χ2n) is 31.5. The third-order valence-electron chi connectivity index (χ3n) is 16.5. The summed E-state index contributed by atoms with van der Waals surface area (Å²) in [7, 11) is 0. The first kappa shape index (κ1) is 107. The zero-order chi connectivity index (χ0) is 88.7. The van der Waals surface area contributed by atoms with Crippen molar-refractivity contribution in [1.82, 2.24) is 100 Å². The second-order valence-corrected chi connectivity index (χ2v) is 34.1. The van der Waals surface area contributed by atoms with E-state index in [9.17, 15) is 0 Å². The van der Waals surface area contributed by atoms with Crippen molar-refractivity contribution in [3.63, 3.8) is 0 Å². The Morgan fingerprint density at radius 1 is 0.286 bits per heavy atom. The lowest BCUT2D eigenvalue weighted by Crippen LogP contribution is -1.95. The van der Waals surface area contributed by atoms with Gasteiger partial charge in [-0.3, -0.25) is 30.1 Å². The number of hydrogen-bond donors (Lipinski definition) is 4. The highest BCUT2D eigenvalue weighted by atomic mass is 32.1. The molecule has 0 spiro atoms. The molecule has 14 aromatic rings. The van der Waals surface area contributed by atoms with E-state index >= 15 is 0 Å². The number of aromatic amines is 4. The Labute approximate surface area is 727 Å². The Hall–Kier alpha value is -10.4. The van der Waals surface area contributed by atoms with Crippen LogP contribution in [0.4, 0.5) is 0 Å². The van der Waals surface area contributed by atoms with Gasteiger partial charge in [0, 0.05) is 155 Å². The maximum atomic E-state index is 4.18. The molecule has 4 N–H and O–H groups in total. The van der Waals surface area contributed by atoms with Crippen molar-refractivity contribution in [1.29, 1.82) is 0 Å². The molecule has 0 bridgehead atoms. The van der Waals surface area contributed by atoms with Crippen LogP contribution < -0.4 is 0 Å². The van der Waals surface area contributed by atoms with E-state index in [0.717, 1.165) is 23.0 Å². The van der Waals surface area contributed by atoms with Crippen molar-refractivity contribution in [3.8, 4) is 0 Å². The van der Waals surface area contributed by atoms with E-state index in [1.54, 1.807) is 83.8 Å². The number of nitrogens with zero attached hydrogens (tertiary/aromatic N) is 16. The summed E-state index contributed by atoms with van der Waals surface area (Å²) in [5.41, 5.74) is 16.3. The monoisotopic (exact) mass is 1670 g/mol. The molecule has 0 amide bonds. The Morgan fingerprint density at radius 2 is 0.807 bits per heavy atom. The number of thiazole rings is 3. The highest BCUT2D eigenvalue weighted by Crippen LogP contribution is 2.20. The molecule has 23 heteroatoms. The molecule has 0 aliphatic heterocycles. The molecular weight excluding hydrogens is 1530 g/mol. The van der Waals surface area contributed by atoms with Crippen LogP contribution in [-0.2, 0) is 0 Å². The summed E-state index contributed by atoms with van der Waals surface area (Å²) in [6.07, 6.45) is 34.0. The minimum Gasteiger partial charge on any atom is -0.367 e. The fraction of sp³-hybridized carbons (Fsp3) is 0.438. The fourth-order valence-electron chi connectivity index (χ4n) is 8.81. The predicted molar refractivity (Wildman–Crippen MR) is 503 cm³/mol. The number of hydrogen-bond acceptors (Lipinski definition) is 19. The standard InChI is InChI=1S/C9H12.3C8H11N.2C7H10N2.C7H11N.C6H9N3.3C6H10N2.3C6H9NS/c1-8(2)9-6-4-3-5-7-9;1-7(2)8-3-5-9-6-4-8;1-7(2)8-4-3-5-9-6-8;1-7(2)8-5-3-4-6-9-8;1-6(2)7-3-4-8-5-9-7;1-6(2)7-8-4-3-5-9-7;1-6(2)7-3-4-8-5-7;1-5(2)6-8-3-7-4-9-6;1-5(2)6-3-7-4-8-6;2*1-5(2)6-3-4-7-8-6;1-5(2)6-3-8-4-7-6;1-5(2)6-3-7-4-8-6;1-5(2)6-7-3-4-8-6/h3-8H,1-2H3;3*3-7H,1-2H3;2*3-6H,1-2H3;3-6,8H,1-2H3;3-5H,1-2H3;3*3-5H,1-2H3,(H,7,8);3*3-5H,1-2H3. The molecule has 0 aliphatic rings. The first-order chi connectivity index (χ1) is 56.8. The lowest BCUT2D eigenvalue weighted by atomic mass is 10.0. The van der Waals surface area contributed by atoms with Crippen LogP contribution in [0.5, 0.6) is 0 Å². The number of imidazole rings is 1. The van der Waals surface area contributed by atoms with Gasteiger partial charge in [0.2, 0.25) is 0 Å². The summed E-state index contributed by atoms with van der Waals surface area (Å²) in [6, 6.07) is 34.5. The van der Waals surface area contributed by atoms with Gasteiger partial charge in [0.15, 0.2) is 0 Å². The molecular formula is C96H142N20S3. The SMILES string of the molecule is CC(C)c1cc[nH]c1.CC(C)c1ccccc1.CC(C)c1ccccn1.CC(C)c1cccnc1.CC(C)c1ccn[nH]1.CC(C)c1ccn[nH]1.CC(C)c1ccncc1.CC(C)c1ccncn1.CC(C)c1cnc[nH]1.CC(C)c1cncs1.CC(C)c1cscn1.CC(C)c1ncccn1.CC(C)c1nccs1.CC(C)c1ncncn1. The van der Waals surface area contributed by atoms with Gasteiger partial charge < -0.3 is 9.97 Å². The molecule has 0 saturated heterocycles. The highest BCUT2D eigenvalue weighted by molar-refractivity contribution is 7.10. The molecule has 0 aliphatic carbocycles. The number of H-pyrrole nitrogens is 4. The number of nitrogens with one attached hydrogen (secondary N) is 4. The van der Waals surface area contributed by atoms with Crippen LogP contribution >= 0.6 is 34.0 Å². The topological polar surface area (TPSA) is 269 Å². The Bertz CT molecular complexity index is 3560. The van der Waals surface area contributed by atoms with Crippen LogP contribution in [0.25, 0.3) is 0 Å². The molecule has 14 rings (SSSR count). The maximum Gasteiger partial charge on any atom is 0.134 e. The van der Waals surface area contributed by atoms with Gasteiger partial charge in [0.05, 0.1) is 28.0 Å². The summed E-state index contributed by atoms with van der Waals surface area (Å²) in [5.74, 6) is 9.70. The zero-order valence-corrected chi connectivity index (χ0v) is 79.0. The van der Waals surface area contributed by atoms with E-state index in [1.807, 2.05) is 139 Å². The number of benzene rings is 1. The molecule has 20 nitrogen and oxygen atoms in total. The maximum absolute atomic E-state index is 4.18. The van der Waals surface area contributed by atoms with Gasteiger partial charge in [-0.1, -0.05) is 236 Å². The second kappa shape index (κ2) is 65.6. The molecule has 0 saturated carbocycles. The van der Waals surface area contributed by atoms with Gasteiger partial charge in [-0.05, 0) is 148 Å². The summed E-state index contributed by atoms with van der Waals surface area (Å²) < 4.78 is 0. The van der Waals surface area contributed by atoms with Crippen LogP contribution in [0.15, 0.2) is 243 Å². The van der Waals surface area contributed by atoms with Gasteiger partial charge in [0.25, 0.3) is 0 Å². The first-order valence-electron chi connectivity index (χ1n) is 41.4.